The minimum absolute atomic E-state index is 0.00274. The molecule has 0 amide bonds. The number of aromatic hydroxyl groups is 1. The second kappa shape index (κ2) is 5.50. The smallest absolute Gasteiger partial charge is 0.202 e. The molecule has 0 radical (unpaired) electrons. The van der Waals surface area contributed by atoms with Gasteiger partial charge in [0.2, 0.25) is 5.78 Å². The maximum atomic E-state index is 12.5. The molecule has 0 saturated carbocycles. The van der Waals surface area contributed by atoms with Crippen LogP contribution in [0.5, 0.6) is 11.5 Å². The van der Waals surface area contributed by atoms with E-state index in [1.54, 1.807) is 24.3 Å². The average Bonchev–Trinajstić information content (AvgIpc) is 2.77. The fraction of sp³-hybridized carbons (Fsp3) is 0.176. The molecule has 1 aromatic heterocycles. The number of phenolic OH excluding ortho intramolecular Hbond substituents is 1. The molecule has 4 nitrogen and oxygen atoms in total. The average molecular weight is 313 g/mol. The number of benzene rings is 1. The van der Waals surface area contributed by atoms with Crippen LogP contribution in [0.4, 0.5) is 0 Å². The van der Waals surface area contributed by atoms with Crippen molar-refractivity contribution in [2.75, 3.05) is 7.11 Å². The van der Waals surface area contributed by atoms with Gasteiger partial charge in [0.05, 0.1) is 17.6 Å². The summed E-state index contributed by atoms with van der Waals surface area (Å²) in [6.07, 6.45) is 1.80. The van der Waals surface area contributed by atoms with Crippen LogP contribution in [-0.4, -0.2) is 23.0 Å². The van der Waals surface area contributed by atoms with E-state index in [0.717, 1.165) is 21.8 Å². The molecule has 22 heavy (non-hydrogen) atoms. The van der Waals surface area contributed by atoms with Crippen molar-refractivity contribution in [3.05, 3.63) is 51.6 Å². The summed E-state index contributed by atoms with van der Waals surface area (Å²) in [6.45, 7) is 3.85. The molecule has 0 spiro atoms. The highest BCUT2D eigenvalue weighted by Crippen LogP contribution is 2.41. The minimum Gasteiger partial charge on any atom is -0.504 e. The first-order valence-corrected chi connectivity index (χ1v) is 7.60. The topological polar surface area (TPSA) is 59.4 Å². The van der Waals surface area contributed by atoms with Crippen LogP contribution >= 0.6 is 11.8 Å². The van der Waals surface area contributed by atoms with Gasteiger partial charge in [0, 0.05) is 5.69 Å². The van der Waals surface area contributed by atoms with Gasteiger partial charge in [0.1, 0.15) is 5.03 Å². The molecule has 0 aliphatic carbocycles. The first-order valence-electron chi connectivity index (χ1n) is 6.79. The third-order valence-electron chi connectivity index (χ3n) is 3.47. The Morgan fingerprint density at radius 1 is 1.27 bits per heavy atom. The second-order valence-corrected chi connectivity index (χ2v) is 6.16. The van der Waals surface area contributed by atoms with Crippen molar-refractivity contribution in [2.45, 2.75) is 18.9 Å². The number of carbonyl (C=O) groups excluding carboxylic acids is 1. The van der Waals surface area contributed by atoms with Gasteiger partial charge in [-0.2, -0.15) is 0 Å². The van der Waals surface area contributed by atoms with Crippen molar-refractivity contribution in [1.29, 1.82) is 0 Å². The summed E-state index contributed by atoms with van der Waals surface area (Å²) in [7, 11) is 1.49. The lowest BCUT2D eigenvalue weighted by Crippen LogP contribution is -1.99. The summed E-state index contributed by atoms with van der Waals surface area (Å²) in [5.74, 6) is 0.455. The molecule has 112 valence electrons. The Hall–Kier alpha value is -2.27. The van der Waals surface area contributed by atoms with Crippen LogP contribution < -0.4 is 4.74 Å². The van der Waals surface area contributed by atoms with Crippen molar-refractivity contribution >= 4 is 23.6 Å². The molecule has 2 heterocycles. The highest BCUT2D eigenvalue weighted by molar-refractivity contribution is 8.04. The molecule has 1 aliphatic rings. The zero-order chi connectivity index (χ0) is 15.9. The van der Waals surface area contributed by atoms with Gasteiger partial charge in [-0.05, 0) is 49.2 Å². The fourth-order valence-corrected chi connectivity index (χ4v) is 3.60. The zero-order valence-corrected chi connectivity index (χ0v) is 13.3. The summed E-state index contributed by atoms with van der Waals surface area (Å²) in [4.78, 5) is 17.6. The first kappa shape index (κ1) is 14.7. The number of carbonyl (C=O) groups is 1. The monoisotopic (exact) mass is 313 g/mol. The zero-order valence-electron chi connectivity index (χ0n) is 12.5. The van der Waals surface area contributed by atoms with Crippen LogP contribution in [-0.2, 0) is 0 Å². The number of phenols is 1. The number of thioether (sulfide) groups is 1. The quantitative estimate of drug-likeness (QED) is 0.856. The van der Waals surface area contributed by atoms with E-state index < -0.39 is 0 Å². The number of hydrogen-bond donors (Lipinski definition) is 1. The largest absolute Gasteiger partial charge is 0.504 e. The Kier molecular flexibility index (Phi) is 3.66. The van der Waals surface area contributed by atoms with Gasteiger partial charge in [-0.15, -0.1) is 0 Å². The Morgan fingerprint density at radius 2 is 2.05 bits per heavy atom. The molecule has 5 heteroatoms. The fourth-order valence-electron chi connectivity index (χ4n) is 2.46. The molecule has 0 bridgehead atoms. The lowest BCUT2D eigenvalue weighted by Gasteiger charge is -2.04. The normalized spacial score (nSPS) is 15.2. The predicted octanol–water partition coefficient (Wildman–Crippen LogP) is 3.74. The van der Waals surface area contributed by atoms with Crippen molar-refractivity contribution < 1.29 is 14.6 Å². The van der Waals surface area contributed by atoms with Crippen molar-refractivity contribution in [2.24, 2.45) is 0 Å². The number of ether oxygens (including phenoxy) is 1. The van der Waals surface area contributed by atoms with Crippen LogP contribution in [0.1, 0.15) is 27.2 Å². The number of aromatic nitrogens is 1. The number of pyridine rings is 1. The predicted molar refractivity (Wildman–Crippen MR) is 86.5 cm³/mol. The van der Waals surface area contributed by atoms with E-state index >= 15 is 0 Å². The summed E-state index contributed by atoms with van der Waals surface area (Å²) in [6, 6.07) is 6.91. The van der Waals surface area contributed by atoms with E-state index in [1.807, 2.05) is 19.9 Å². The Labute approximate surface area is 132 Å². The molecule has 0 saturated heterocycles. The molecule has 1 aliphatic heterocycles. The van der Waals surface area contributed by atoms with E-state index in [0.29, 0.717) is 16.2 Å². The van der Waals surface area contributed by atoms with Gasteiger partial charge in [-0.25, -0.2) is 4.98 Å². The molecular weight excluding hydrogens is 298 g/mol. The molecule has 1 N–H and O–H groups in total. The first-order chi connectivity index (χ1) is 10.5. The second-order valence-electron chi connectivity index (χ2n) is 5.13. The van der Waals surface area contributed by atoms with Gasteiger partial charge in [0.25, 0.3) is 0 Å². The van der Waals surface area contributed by atoms with Crippen LogP contribution in [0.3, 0.4) is 0 Å². The van der Waals surface area contributed by atoms with E-state index in [4.69, 9.17) is 4.74 Å². The lowest BCUT2D eigenvalue weighted by molar-refractivity contribution is 0.104. The number of aryl methyl sites for hydroxylation is 2. The third-order valence-corrected chi connectivity index (χ3v) is 4.48. The highest BCUT2D eigenvalue weighted by Gasteiger charge is 2.29. The highest BCUT2D eigenvalue weighted by atomic mass is 32.2. The SMILES string of the molecule is COc1cc(C=C2Sc3nc(C)cc(C)c3C2=O)ccc1O. The van der Waals surface area contributed by atoms with Crippen LogP contribution in [0.15, 0.2) is 34.2 Å². The molecule has 3 rings (SSSR count). The number of allylic oxidation sites excluding steroid dienone is 1. The van der Waals surface area contributed by atoms with Gasteiger partial charge in [-0.3, -0.25) is 4.79 Å². The number of Topliss-reactive ketones (excluding diaryl/α,β-unsaturated/α-hetero) is 1. The van der Waals surface area contributed by atoms with E-state index in [9.17, 15) is 9.90 Å². The van der Waals surface area contributed by atoms with E-state index in [2.05, 4.69) is 4.98 Å². The molecule has 2 aromatic rings. The maximum absolute atomic E-state index is 12.5. The molecule has 0 unspecified atom stereocenters. The minimum atomic E-state index is -0.00274. The Morgan fingerprint density at radius 3 is 2.77 bits per heavy atom. The van der Waals surface area contributed by atoms with Gasteiger partial charge < -0.3 is 9.84 Å². The summed E-state index contributed by atoms with van der Waals surface area (Å²) in [5, 5.41) is 10.4. The Bertz CT molecular complexity index is 812. The molecule has 1 aromatic carbocycles. The van der Waals surface area contributed by atoms with Crippen molar-refractivity contribution in [1.82, 2.24) is 4.98 Å². The van der Waals surface area contributed by atoms with Crippen molar-refractivity contribution in [3.63, 3.8) is 0 Å². The summed E-state index contributed by atoms with van der Waals surface area (Å²) < 4.78 is 5.09. The summed E-state index contributed by atoms with van der Waals surface area (Å²) >= 11 is 1.38. The summed E-state index contributed by atoms with van der Waals surface area (Å²) in [5.41, 5.74) is 3.34. The number of rotatable bonds is 2. The number of hydrogen-bond acceptors (Lipinski definition) is 5. The van der Waals surface area contributed by atoms with E-state index in [-0.39, 0.29) is 11.5 Å². The third kappa shape index (κ3) is 2.48. The number of nitrogens with zero attached hydrogens (tertiary/aromatic N) is 1. The van der Waals surface area contributed by atoms with Gasteiger partial charge in [-0.1, -0.05) is 17.8 Å². The van der Waals surface area contributed by atoms with Gasteiger partial charge in [0.15, 0.2) is 11.5 Å². The number of methoxy groups -OCH3 is 1. The molecule has 0 atom stereocenters. The van der Waals surface area contributed by atoms with Crippen LogP contribution in [0, 0.1) is 13.8 Å². The van der Waals surface area contributed by atoms with Crippen molar-refractivity contribution in [3.8, 4) is 11.5 Å². The molecule has 0 fully saturated rings. The maximum Gasteiger partial charge on any atom is 0.202 e. The lowest BCUT2D eigenvalue weighted by atomic mass is 10.1. The van der Waals surface area contributed by atoms with Crippen LogP contribution in [0.2, 0.25) is 0 Å². The van der Waals surface area contributed by atoms with E-state index in [1.165, 1.54) is 18.9 Å². The standard InChI is InChI=1S/C17H15NO3S/c1-9-6-10(2)18-17-15(9)16(20)14(22-17)8-11-4-5-12(19)13(7-11)21-3/h4-8,19H,1-3H3. The van der Waals surface area contributed by atoms with Crippen LogP contribution in [0.25, 0.3) is 6.08 Å². The number of ketones is 1. The Balaban J connectivity index is 2.01. The number of fused-ring (bicyclic) bond motifs is 1. The van der Waals surface area contributed by atoms with Gasteiger partial charge >= 0.3 is 0 Å². The molecular formula is C17H15NO3S.